The van der Waals surface area contributed by atoms with Crippen molar-refractivity contribution in [1.82, 2.24) is 9.78 Å². The first-order valence-corrected chi connectivity index (χ1v) is 4.38. The molecular formula is C11H11IrN2O-. The quantitative estimate of drug-likeness (QED) is 0.747. The van der Waals surface area contributed by atoms with Gasteiger partial charge in [-0.05, 0) is 12.6 Å². The van der Waals surface area contributed by atoms with Crippen molar-refractivity contribution in [2.24, 2.45) is 0 Å². The van der Waals surface area contributed by atoms with Crippen LogP contribution in [0.5, 0.6) is 5.88 Å². The molecule has 0 saturated heterocycles. The number of para-hydroxylation sites is 1. The monoisotopic (exact) mass is 380 g/mol. The van der Waals surface area contributed by atoms with Crippen molar-refractivity contribution < 1.29 is 24.8 Å². The maximum Gasteiger partial charge on any atom is 0.217 e. The molecule has 0 unspecified atom stereocenters. The normalized spacial score (nSPS) is 9.47. The molecule has 1 aromatic carbocycles. The Bertz CT molecular complexity index is 425. The van der Waals surface area contributed by atoms with Gasteiger partial charge >= 0.3 is 0 Å². The molecule has 0 aliphatic carbocycles. The second kappa shape index (κ2) is 5.10. The topological polar surface area (TPSA) is 27.1 Å². The van der Waals surface area contributed by atoms with Gasteiger partial charge in [-0.3, -0.25) is 0 Å². The van der Waals surface area contributed by atoms with Gasteiger partial charge in [-0.15, -0.1) is 6.07 Å². The second-order valence-corrected chi connectivity index (χ2v) is 3.00. The van der Waals surface area contributed by atoms with E-state index in [1.165, 1.54) is 0 Å². The van der Waals surface area contributed by atoms with Crippen LogP contribution in [0.25, 0.3) is 5.69 Å². The predicted octanol–water partition coefficient (Wildman–Crippen LogP) is 1.99. The van der Waals surface area contributed by atoms with Gasteiger partial charge in [0, 0.05) is 25.7 Å². The van der Waals surface area contributed by atoms with Crippen LogP contribution in [-0.4, -0.2) is 16.9 Å². The Labute approximate surface area is 102 Å². The Morgan fingerprint density at radius 3 is 2.80 bits per heavy atom. The third-order valence-corrected chi connectivity index (χ3v) is 2.01. The first-order valence-electron chi connectivity index (χ1n) is 4.38. The van der Waals surface area contributed by atoms with E-state index in [0.29, 0.717) is 0 Å². The summed E-state index contributed by atoms with van der Waals surface area (Å²) in [6.07, 6.45) is 1.78. The van der Waals surface area contributed by atoms with Crippen LogP contribution >= 0.6 is 0 Å². The van der Waals surface area contributed by atoms with Gasteiger partial charge in [0.2, 0.25) is 5.88 Å². The Morgan fingerprint density at radius 2 is 2.20 bits per heavy atom. The summed E-state index contributed by atoms with van der Waals surface area (Å²) in [6, 6.07) is 10.8. The van der Waals surface area contributed by atoms with Gasteiger partial charge in [-0.1, -0.05) is 0 Å². The fourth-order valence-corrected chi connectivity index (χ4v) is 1.35. The van der Waals surface area contributed by atoms with E-state index in [2.05, 4.69) is 11.2 Å². The molecule has 0 spiro atoms. The number of hydrogen-bond acceptors (Lipinski definition) is 2. The van der Waals surface area contributed by atoms with Gasteiger partial charge in [0.15, 0.2) is 0 Å². The van der Waals surface area contributed by atoms with Gasteiger partial charge in [0.05, 0.1) is 13.3 Å². The van der Waals surface area contributed by atoms with Gasteiger partial charge < -0.3 is 4.74 Å². The minimum atomic E-state index is 0. The number of aromatic nitrogens is 2. The zero-order chi connectivity index (χ0) is 9.97. The van der Waals surface area contributed by atoms with Crippen molar-refractivity contribution in [3.63, 3.8) is 0 Å². The summed E-state index contributed by atoms with van der Waals surface area (Å²) >= 11 is 0. The molecule has 2 rings (SSSR count). The molecule has 0 aliphatic heterocycles. The van der Waals surface area contributed by atoms with Crippen LogP contribution in [0.1, 0.15) is 5.56 Å². The largest absolute Gasteiger partial charge is 0.481 e. The maximum atomic E-state index is 5.25. The summed E-state index contributed by atoms with van der Waals surface area (Å²) < 4.78 is 6.98. The van der Waals surface area contributed by atoms with Gasteiger partial charge in [0.25, 0.3) is 0 Å². The molecule has 0 N–H and O–H groups in total. The summed E-state index contributed by atoms with van der Waals surface area (Å²) in [5, 5.41) is 4.22. The van der Waals surface area contributed by atoms with Crippen molar-refractivity contribution in [3.05, 3.63) is 42.1 Å². The second-order valence-electron chi connectivity index (χ2n) is 3.00. The van der Waals surface area contributed by atoms with E-state index in [4.69, 9.17) is 4.74 Å². The van der Waals surface area contributed by atoms with Crippen molar-refractivity contribution >= 4 is 0 Å². The van der Waals surface area contributed by atoms with E-state index in [9.17, 15) is 0 Å². The molecule has 15 heavy (non-hydrogen) atoms. The minimum absolute atomic E-state index is 0. The average molecular weight is 379 g/mol. The third-order valence-electron chi connectivity index (χ3n) is 2.01. The van der Waals surface area contributed by atoms with E-state index in [-0.39, 0.29) is 20.1 Å². The molecule has 2 aromatic rings. The SMILES string of the molecule is COc1c(C)cnn1-c1[c-]cccc1.[Ir]. The number of methoxy groups -OCH3 is 1. The summed E-state index contributed by atoms with van der Waals surface area (Å²) in [6.45, 7) is 1.96. The minimum Gasteiger partial charge on any atom is -0.481 e. The van der Waals surface area contributed by atoms with Crippen LogP contribution in [0, 0.1) is 13.0 Å². The van der Waals surface area contributed by atoms with E-state index in [1.807, 2.05) is 31.2 Å². The van der Waals surface area contributed by atoms with Crippen LogP contribution in [0.3, 0.4) is 0 Å². The number of hydrogen-bond donors (Lipinski definition) is 0. The average Bonchev–Trinajstić information content (AvgIpc) is 2.61. The number of aryl methyl sites for hydroxylation is 1. The van der Waals surface area contributed by atoms with Crippen molar-refractivity contribution in [3.8, 4) is 11.6 Å². The molecule has 1 aromatic heterocycles. The van der Waals surface area contributed by atoms with E-state index >= 15 is 0 Å². The van der Waals surface area contributed by atoms with Crippen LogP contribution in [0.15, 0.2) is 30.5 Å². The molecule has 0 amide bonds. The molecule has 1 heterocycles. The summed E-state index contributed by atoms with van der Waals surface area (Å²) in [5.41, 5.74) is 1.90. The molecule has 0 atom stereocenters. The van der Waals surface area contributed by atoms with Gasteiger partial charge in [-0.25, -0.2) is 4.68 Å². The first-order chi connectivity index (χ1) is 6.83. The third kappa shape index (κ3) is 2.28. The Kier molecular flexibility index (Phi) is 4.06. The van der Waals surface area contributed by atoms with Crippen LogP contribution in [0.4, 0.5) is 0 Å². The summed E-state index contributed by atoms with van der Waals surface area (Å²) in [7, 11) is 1.64. The van der Waals surface area contributed by atoms with Crippen LogP contribution in [0.2, 0.25) is 0 Å². The number of nitrogens with zero attached hydrogens (tertiary/aromatic N) is 2. The Hall–Kier alpha value is -1.12. The van der Waals surface area contributed by atoms with Gasteiger partial charge in [-0.2, -0.15) is 29.4 Å². The number of rotatable bonds is 2. The summed E-state index contributed by atoms with van der Waals surface area (Å²) in [5.74, 6) is 0.757. The van der Waals surface area contributed by atoms with Crippen molar-refractivity contribution in [1.29, 1.82) is 0 Å². The molecule has 3 nitrogen and oxygen atoms in total. The smallest absolute Gasteiger partial charge is 0.217 e. The molecular weight excluding hydrogens is 368 g/mol. The molecule has 1 radical (unpaired) electrons. The fourth-order valence-electron chi connectivity index (χ4n) is 1.35. The fraction of sp³-hybridized carbons (Fsp3) is 0.182. The van der Waals surface area contributed by atoms with Crippen molar-refractivity contribution in [2.75, 3.05) is 7.11 Å². The predicted molar refractivity (Wildman–Crippen MR) is 53.7 cm³/mol. The Morgan fingerprint density at radius 1 is 1.40 bits per heavy atom. The first kappa shape index (κ1) is 12.0. The van der Waals surface area contributed by atoms with E-state index in [1.54, 1.807) is 18.0 Å². The molecule has 4 heteroatoms. The zero-order valence-corrected chi connectivity index (χ0v) is 10.9. The van der Waals surface area contributed by atoms with Gasteiger partial charge in [0.1, 0.15) is 0 Å². The maximum absolute atomic E-state index is 5.25. The molecule has 0 bridgehead atoms. The van der Waals surface area contributed by atoms with Crippen LogP contribution < -0.4 is 4.74 Å². The van der Waals surface area contributed by atoms with Crippen molar-refractivity contribution in [2.45, 2.75) is 6.92 Å². The number of ether oxygens (including phenoxy) is 1. The molecule has 0 fully saturated rings. The summed E-state index contributed by atoms with van der Waals surface area (Å²) in [4.78, 5) is 0. The zero-order valence-electron chi connectivity index (χ0n) is 8.52. The van der Waals surface area contributed by atoms with E-state index in [0.717, 1.165) is 17.1 Å². The standard InChI is InChI=1S/C11H11N2O.Ir/c1-9-8-12-13(11(9)14-2)10-6-4-3-5-7-10;/h3-6,8H,1-2H3;/q-1;. The van der Waals surface area contributed by atoms with E-state index < -0.39 is 0 Å². The molecule has 81 valence electrons. The molecule has 0 aliphatic rings. The number of benzene rings is 1. The molecule has 0 saturated carbocycles. The van der Waals surface area contributed by atoms with Crippen LogP contribution in [-0.2, 0) is 20.1 Å². The Balaban J connectivity index is 0.00000112.